The van der Waals surface area contributed by atoms with Gasteiger partial charge in [-0.25, -0.2) is 4.39 Å². The molecule has 5 rings (SSSR count). The number of nitrogens with zero attached hydrogens (tertiary/aromatic N) is 3. The van der Waals surface area contributed by atoms with Crippen molar-refractivity contribution in [3.8, 4) is 11.6 Å². The lowest BCUT2D eigenvalue weighted by Gasteiger charge is -2.32. The average Bonchev–Trinajstić information content (AvgIpc) is 3.10. The summed E-state index contributed by atoms with van der Waals surface area (Å²) in [7, 11) is 0. The first-order valence-corrected chi connectivity index (χ1v) is 9.25. The lowest BCUT2D eigenvalue weighted by atomic mass is 9.94. The van der Waals surface area contributed by atoms with E-state index in [9.17, 15) is 9.18 Å². The Labute approximate surface area is 154 Å². The molecule has 8 heteroatoms. The largest absolute Gasteiger partial charge is 0.402 e. The van der Waals surface area contributed by atoms with E-state index in [4.69, 9.17) is 4.42 Å². The van der Waals surface area contributed by atoms with Gasteiger partial charge in [0.2, 0.25) is 5.91 Å². The number of aromatic amines is 1. The Morgan fingerprint density at radius 3 is 2.81 bits per heavy atom. The number of benzene rings is 1. The second-order valence-electron chi connectivity index (χ2n) is 7.53. The number of H-pyrrole nitrogens is 1. The molecule has 1 aliphatic heterocycles. The number of hydrogen-bond acceptors (Lipinski definition) is 5. The predicted octanol–water partition coefficient (Wildman–Crippen LogP) is 3.17. The van der Waals surface area contributed by atoms with Crippen molar-refractivity contribution in [3.05, 3.63) is 30.1 Å². The van der Waals surface area contributed by atoms with Gasteiger partial charge in [0.15, 0.2) is 0 Å². The van der Waals surface area contributed by atoms with Crippen molar-refractivity contribution in [2.45, 2.75) is 25.7 Å². The normalized spacial score (nSPS) is 18.2. The highest BCUT2D eigenvalue weighted by molar-refractivity contribution is 5.85. The fraction of sp³-hybridized carbons (Fsp3) is 0.421. The molecule has 140 valence electrons. The van der Waals surface area contributed by atoms with Crippen LogP contribution in [0.1, 0.15) is 25.7 Å². The number of anilines is 1. The van der Waals surface area contributed by atoms with Crippen LogP contribution in [-0.4, -0.2) is 45.6 Å². The summed E-state index contributed by atoms with van der Waals surface area (Å²) in [6.45, 7) is 1.78. The molecule has 0 bridgehead atoms. The number of aromatic nitrogens is 3. The predicted molar refractivity (Wildman–Crippen MR) is 97.5 cm³/mol. The van der Waals surface area contributed by atoms with Gasteiger partial charge in [0, 0.05) is 24.0 Å². The highest BCUT2D eigenvalue weighted by atomic mass is 19.1. The zero-order valence-corrected chi connectivity index (χ0v) is 14.8. The van der Waals surface area contributed by atoms with Gasteiger partial charge >= 0.3 is 6.01 Å². The van der Waals surface area contributed by atoms with E-state index in [1.807, 2.05) is 4.90 Å². The molecule has 0 unspecified atom stereocenters. The molecule has 7 nitrogen and oxygen atoms in total. The molecule has 0 radical (unpaired) electrons. The number of likely N-dealkylation sites (tertiary alicyclic amines) is 1. The topological polar surface area (TPSA) is 87.0 Å². The van der Waals surface area contributed by atoms with Crippen LogP contribution in [0.15, 0.2) is 28.7 Å². The molecule has 27 heavy (non-hydrogen) atoms. The Kier molecular flexibility index (Phi) is 3.66. The highest BCUT2D eigenvalue weighted by Gasteiger charge is 2.44. The molecule has 1 aromatic carbocycles. The van der Waals surface area contributed by atoms with E-state index in [0.717, 1.165) is 25.9 Å². The maximum absolute atomic E-state index is 13.8. The van der Waals surface area contributed by atoms with Crippen LogP contribution in [0.5, 0.6) is 0 Å². The third kappa shape index (κ3) is 3.05. The Bertz CT molecular complexity index is 997. The molecule has 1 amide bonds. The molecule has 0 atom stereocenters. The van der Waals surface area contributed by atoms with Gasteiger partial charge in [-0.05, 0) is 49.3 Å². The summed E-state index contributed by atoms with van der Waals surface area (Å²) >= 11 is 0. The lowest BCUT2D eigenvalue weighted by Crippen LogP contribution is -2.41. The summed E-state index contributed by atoms with van der Waals surface area (Å²) in [4.78, 5) is 17.3. The maximum atomic E-state index is 13.8. The lowest BCUT2D eigenvalue weighted by molar-refractivity contribution is -0.130. The van der Waals surface area contributed by atoms with E-state index in [2.05, 4.69) is 20.5 Å². The fourth-order valence-corrected chi connectivity index (χ4v) is 3.81. The molecule has 2 aliphatic rings. The molecular weight excluding hydrogens is 349 g/mol. The van der Waals surface area contributed by atoms with Gasteiger partial charge in [-0.15, -0.1) is 5.10 Å². The van der Waals surface area contributed by atoms with Crippen LogP contribution in [0.25, 0.3) is 22.5 Å². The van der Waals surface area contributed by atoms with Gasteiger partial charge in [-0.2, -0.15) is 0 Å². The molecule has 1 saturated carbocycles. The monoisotopic (exact) mass is 369 g/mol. The Balaban J connectivity index is 1.22. The first-order chi connectivity index (χ1) is 13.1. The molecule has 3 heterocycles. The number of amides is 1. The van der Waals surface area contributed by atoms with E-state index in [1.165, 1.54) is 18.9 Å². The zero-order chi connectivity index (χ0) is 18.4. The van der Waals surface area contributed by atoms with Crippen molar-refractivity contribution in [2.24, 2.45) is 5.41 Å². The highest BCUT2D eigenvalue weighted by Crippen LogP contribution is 2.53. The van der Waals surface area contributed by atoms with E-state index in [1.54, 1.807) is 18.2 Å². The third-order valence-corrected chi connectivity index (χ3v) is 5.79. The minimum absolute atomic E-state index is 0.0398. The summed E-state index contributed by atoms with van der Waals surface area (Å²) in [5, 5.41) is 11.3. The SMILES string of the molecule is O=C(CNc1nnc(-c2cc3c(F)cccc3[nH]2)o1)N1CCC2(CC1)CC2. The molecule has 2 N–H and O–H groups in total. The minimum Gasteiger partial charge on any atom is -0.402 e. The van der Waals surface area contributed by atoms with Crippen molar-refractivity contribution in [1.82, 2.24) is 20.1 Å². The van der Waals surface area contributed by atoms with Crippen LogP contribution in [-0.2, 0) is 4.79 Å². The first kappa shape index (κ1) is 16.3. The van der Waals surface area contributed by atoms with Gasteiger partial charge in [-0.1, -0.05) is 11.2 Å². The van der Waals surface area contributed by atoms with Crippen LogP contribution in [0.2, 0.25) is 0 Å². The minimum atomic E-state index is -0.312. The van der Waals surface area contributed by atoms with E-state index in [-0.39, 0.29) is 30.2 Å². The number of carbonyl (C=O) groups is 1. The number of piperidine rings is 1. The van der Waals surface area contributed by atoms with Gasteiger partial charge in [0.05, 0.1) is 6.54 Å². The van der Waals surface area contributed by atoms with Crippen molar-refractivity contribution >= 4 is 22.8 Å². The molecular formula is C19H20FN5O2. The van der Waals surface area contributed by atoms with Crippen molar-refractivity contribution in [3.63, 3.8) is 0 Å². The summed E-state index contributed by atoms with van der Waals surface area (Å²) in [5.74, 6) is -0.0277. The maximum Gasteiger partial charge on any atom is 0.316 e. The van der Waals surface area contributed by atoms with E-state index in [0.29, 0.717) is 22.0 Å². The number of rotatable bonds is 4. The number of fused-ring (bicyclic) bond motifs is 1. The van der Waals surface area contributed by atoms with Gasteiger partial charge in [0.1, 0.15) is 11.5 Å². The van der Waals surface area contributed by atoms with E-state index >= 15 is 0 Å². The van der Waals surface area contributed by atoms with Crippen LogP contribution < -0.4 is 5.32 Å². The Morgan fingerprint density at radius 1 is 1.26 bits per heavy atom. The summed E-state index contributed by atoms with van der Waals surface area (Å²) in [5.41, 5.74) is 1.74. The zero-order valence-electron chi connectivity index (χ0n) is 14.8. The molecule has 1 aliphatic carbocycles. The number of halogens is 1. The van der Waals surface area contributed by atoms with Crippen molar-refractivity contribution in [2.75, 3.05) is 25.0 Å². The second-order valence-corrected chi connectivity index (χ2v) is 7.53. The Hall–Kier alpha value is -2.90. The number of hydrogen-bond donors (Lipinski definition) is 2. The van der Waals surface area contributed by atoms with Gasteiger partial charge in [-0.3, -0.25) is 4.79 Å². The second kappa shape index (κ2) is 6.07. The summed E-state index contributed by atoms with van der Waals surface area (Å²) < 4.78 is 19.4. The van der Waals surface area contributed by atoms with Crippen LogP contribution >= 0.6 is 0 Å². The van der Waals surface area contributed by atoms with Crippen LogP contribution in [0.4, 0.5) is 10.4 Å². The summed E-state index contributed by atoms with van der Waals surface area (Å²) in [6.07, 6.45) is 4.85. The molecule has 2 aromatic heterocycles. The average molecular weight is 369 g/mol. The van der Waals surface area contributed by atoms with Gasteiger partial charge in [0.25, 0.3) is 5.89 Å². The smallest absolute Gasteiger partial charge is 0.316 e. The van der Waals surface area contributed by atoms with Crippen molar-refractivity contribution in [1.29, 1.82) is 0 Å². The number of nitrogens with one attached hydrogen (secondary N) is 2. The van der Waals surface area contributed by atoms with Gasteiger partial charge < -0.3 is 19.6 Å². The molecule has 1 spiro atoms. The fourth-order valence-electron chi connectivity index (χ4n) is 3.81. The molecule has 1 saturated heterocycles. The van der Waals surface area contributed by atoms with E-state index < -0.39 is 0 Å². The first-order valence-electron chi connectivity index (χ1n) is 9.25. The van der Waals surface area contributed by atoms with Crippen molar-refractivity contribution < 1.29 is 13.6 Å². The van der Waals surface area contributed by atoms with Crippen LogP contribution in [0.3, 0.4) is 0 Å². The third-order valence-electron chi connectivity index (χ3n) is 5.79. The molecule has 2 fully saturated rings. The Morgan fingerprint density at radius 2 is 2.07 bits per heavy atom. The number of carbonyl (C=O) groups excluding carboxylic acids is 1. The summed E-state index contributed by atoms with van der Waals surface area (Å²) in [6, 6.07) is 6.62. The molecule has 3 aromatic rings. The quantitative estimate of drug-likeness (QED) is 0.738. The van der Waals surface area contributed by atoms with Crippen LogP contribution in [0, 0.1) is 11.2 Å². The standard InChI is InChI=1S/C19H20FN5O2/c20-13-2-1-3-14-12(13)10-15(22-14)17-23-24-18(27-17)21-11-16(26)25-8-6-19(4-5-19)7-9-25/h1-3,10,22H,4-9,11H2,(H,21,24).